The zero-order valence-corrected chi connectivity index (χ0v) is 12.0. The van der Waals surface area contributed by atoms with Crippen LogP contribution in [0.15, 0.2) is 18.2 Å². The molecule has 0 spiro atoms. The van der Waals surface area contributed by atoms with E-state index in [9.17, 15) is 9.00 Å². The van der Waals surface area contributed by atoms with E-state index in [0.717, 1.165) is 25.9 Å². The van der Waals surface area contributed by atoms with E-state index in [-0.39, 0.29) is 5.91 Å². The number of nitrogens with one attached hydrogen (secondary N) is 2. The van der Waals surface area contributed by atoms with E-state index in [1.165, 1.54) is 11.1 Å². The van der Waals surface area contributed by atoms with Crippen LogP contribution >= 0.6 is 0 Å². The summed E-state index contributed by atoms with van der Waals surface area (Å²) in [6.45, 7) is 2.42. The SMILES string of the molecule is CS(=O)CCCNC(=O)c1ccc2c(c1)CNCC2. The zero-order chi connectivity index (χ0) is 13.7. The number of hydrogen-bond donors (Lipinski definition) is 2. The quantitative estimate of drug-likeness (QED) is 0.786. The van der Waals surface area contributed by atoms with Gasteiger partial charge in [-0.25, -0.2) is 0 Å². The van der Waals surface area contributed by atoms with Crippen LogP contribution in [0, 0.1) is 0 Å². The van der Waals surface area contributed by atoms with Crippen molar-refractivity contribution in [2.45, 2.75) is 19.4 Å². The van der Waals surface area contributed by atoms with Gasteiger partial charge in [-0.15, -0.1) is 0 Å². The molecule has 0 aliphatic carbocycles. The second-order valence-corrected chi connectivity index (χ2v) is 6.35. The fraction of sp³-hybridized carbons (Fsp3) is 0.500. The number of rotatable bonds is 5. The maximum absolute atomic E-state index is 12.0. The highest BCUT2D eigenvalue weighted by atomic mass is 32.2. The molecule has 0 saturated heterocycles. The lowest BCUT2D eigenvalue weighted by atomic mass is 9.98. The molecule has 1 amide bonds. The van der Waals surface area contributed by atoms with Gasteiger partial charge in [-0.3, -0.25) is 9.00 Å². The molecule has 0 radical (unpaired) electrons. The number of hydrogen-bond acceptors (Lipinski definition) is 3. The van der Waals surface area contributed by atoms with E-state index in [1.54, 1.807) is 6.26 Å². The van der Waals surface area contributed by atoms with Crippen LogP contribution in [-0.2, 0) is 23.8 Å². The Kier molecular flexibility index (Phi) is 5.10. The Hall–Kier alpha value is -1.20. The van der Waals surface area contributed by atoms with E-state index >= 15 is 0 Å². The molecule has 2 N–H and O–H groups in total. The third kappa shape index (κ3) is 4.14. The highest BCUT2D eigenvalue weighted by Crippen LogP contribution is 2.15. The predicted molar refractivity (Wildman–Crippen MR) is 77.7 cm³/mol. The van der Waals surface area contributed by atoms with Gasteiger partial charge in [-0.05, 0) is 42.6 Å². The Morgan fingerprint density at radius 2 is 2.26 bits per heavy atom. The fourth-order valence-corrected chi connectivity index (χ4v) is 2.75. The summed E-state index contributed by atoms with van der Waals surface area (Å²) < 4.78 is 10.9. The summed E-state index contributed by atoms with van der Waals surface area (Å²) in [6.07, 6.45) is 3.46. The second kappa shape index (κ2) is 6.82. The van der Waals surface area contributed by atoms with E-state index in [1.807, 2.05) is 18.2 Å². The van der Waals surface area contributed by atoms with Gasteiger partial charge in [-0.1, -0.05) is 6.07 Å². The van der Waals surface area contributed by atoms with Crippen molar-refractivity contribution >= 4 is 16.7 Å². The van der Waals surface area contributed by atoms with Crippen molar-refractivity contribution < 1.29 is 9.00 Å². The summed E-state index contributed by atoms with van der Waals surface area (Å²) >= 11 is 0. The molecule has 1 aliphatic heterocycles. The lowest BCUT2D eigenvalue weighted by molar-refractivity contribution is 0.0953. The number of amides is 1. The van der Waals surface area contributed by atoms with Gasteiger partial charge in [0.15, 0.2) is 0 Å². The van der Waals surface area contributed by atoms with Gasteiger partial charge < -0.3 is 10.6 Å². The molecule has 1 unspecified atom stereocenters. The number of fused-ring (bicyclic) bond motifs is 1. The normalized spacial score (nSPS) is 15.6. The first kappa shape index (κ1) is 14.2. The smallest absolute Gasteiger partial charge is 0.251 e. The maximum atomic E-state index is 12.0. The lowest BCUT2D eigenvalue weighted by Crippen LogP contribution is -2.27. The Balaban J connectivity index is 1.90. The summed E-state index contributed by atoms with van der Waals surface area (Å²) in [5, 5.41) is 6.17. The van der Waals surface area contributed by atoms with Crippen molar-refractivity contribution in [2.24, 2.45) is 0 Å². The second-order valence-electron chi connectivity index (χ2n) is 4.80. The number of carbonyl (C=O) groups is 1. The molecule has 1 atom stereocenters. The summed E-state index contributed by atoms with van der Waals surface area (Å²) in [4.78, 5) is 12.0. The fourth-order valence-electron chi connectivity index (χ4n) is 2.20. The standard InChI is InChI=1S/C14H20N2O2S/c1-19(18)8-2-6-16-14(17)12-4-3-11-5-7-15-10-13(11)9-12/h3-4,9,15H,2,5-8,10H2,1H3,(H,16,17). The van der Waals surface area contributed by atoms with Crippen molar-refractivity contribution in [3.63, 3.8) is 0 Å². The third-order valence-corrected chi connectivity index (χ3v) is 4.11. The zero-order valence-electron chi connectivity index (χ0n) is 11.2. The summed E-state index contributed by atoms with van der Waals surface area (Å²) in [5.41, 5.74) is 3.25. The molecule has 0 saturated carbocycles. The average Bonchev–Trinajstić information content (AvgIpc) is 2.42. The average molecular weight is 280 g/mol. The van der Waals surface area contributed by atoms with Crippen LogP contribution in [0.5, 0.6) is 0 Å². The molecule has 1 aliphatic rings. The lowest BCUT2D eigenvalue weighted by Gasteiger charge is -2.17. The van der Waals surface area contributed by atoms with E-state index in [4.69, 9.17) is 0 Å². The monoisotopic (exact) mass is 280 g/mol. The molecule has 1 aromatic carbocycles. The van der Waals surface area contributed by atoms with Crippen LogP contribution in [0.25, 0.3) is 0 Å². The molecular weight excluding hydrogens is 260 g/mol. The van der Waals surface area contributed by atoms with Crippen LogP contribution in [-0.4, -0.2) is 35.2 Å². The van der Waals surface area contributed by atoms with Gasteiger partial charge >= 0.3 is 0 Å². The van der Waals surface area contributed by atoms with Crippen LogP contribution in [0.3, 0.4) is 0 Å². The van der Waals surface area contributed by atoms with E-state index < -0.39 is 10.8 Å². The summed E-state index contributed by atoms with van der Waals surface area (Å²) in [6, 6.07) is 5.90. The van der Waals surface area contributed by atoms with Crippen molar-refractivity contribution in [1.82, 2.24) is 10.6 Å². The minimum atomic E-state index is -0.786. The van der Waals surface area contributed by atoms with E-state index in [2.05, 4.69) is 10.6 Å². The molecule has 1 aromatic rings. The first-order chi connectivity index (χ1) is 9.16. The van der Waals surface area contributed by atoms with Crippen LogP contribution < -0.4 is 10.6 Å². The molecule has 2 rings (SSSR count). The van der Waals surface area contributed by atoms with Crippen molar-refractivity contribution in [3.05, 3.63) is 34.9 Å². The summed E-state index contributed by atoms with van der Waals surface area (Å²) in [7, 11) is -0.786. The Morgan fingerprint density at radius 1 is 1.42 bits per heavy atom. The van der Waals surface area contributed by atoms with Crippen molar-refractivity contribution in [2.75, 3.05) is 25.1 Å². The molecule has 0 aromatic heterocycles. The van der Waals surface area contributed by atoms with Crippen LogP contribution in [0.1, 0.15) is 27.9 Å². The first-order valence-electron chi connectivity index (χ1n) is 6.57. The topological polar surface area (TPSA) is 58.2 Å². The van der Waals surface area contributed by atoms with Crippen LogP contribution in [0.4, 0.5) is 0 Å². The molecule has 5 heteroatoms. The van der Waals surface area contributed by atoms with Gasteiger partial charge in [0, 0.05) is 41.5 Å². The maximum Gasteiger partial charge on any atom is 0.251 e. The molecule has 1 heterocycles. The highest BCUT2D eigenvalue weighted by Gasteiger charge is 2.12. The van der Waals surface area contributed by atoms with Crippen molar-refractivity contribution in [1.29, 1.82) is 0 Å². The molecule has 104 valence electrons. The highest BCUT2D eigenvalue weighted by molar-refractivity contribution is 7.84. The molecule has 19 heavy (non-hydrogen) atoms. The van der Waals surface area contributed by atoms with Gasteiger partial charge in [0.1, 0.15) is 0 Å². The van der Waals surface area contributed by atoms with Gasteiger partial charge in [0.2, 0.25) is 0 Å². The largest absolute Gasteiger partial charge is 0.352 e. The van der Waals surface area contributed by atoms with Gasteiger partial charge in [0.05, 0.1) is 0 Å². The minimum Gasteiger partial charge on any atom is -0.352 e. The Bertz CT molecular complexity index is 488. The Morgan fingerprint density at radius 3 is 3.05 bits per heavy atom. The minimum absolute atomic E-state index is 0.0461. The molecular formula is C14H20N2O2S. The molecule has 0 bridgehead atoms. The van der Waals surface area contributed by atoms with Gasteiger partial charge in [0.25, 0.3) is 5.91 Å². The molecule has 0 fully saturated rings. The summed E-state index contributed by atoms with van der Waals surface area (Å²) in [5.74, 6) is 0.587. The van der Waals surface area contributed by atoms with Crippen molar-refractivity contribution in [3.8, 4) is 0 Å². The first-order valence-corrected chi connectivity index (χ1v) is 8.30. The Labute approximate surface area is 116 Å². The molecule has 4 nitrogen and oxygen atoms in total. The van der Waals surface area contributed by atoms with E-state index in [0.29, 0.717) is 17.9 Å². The number of benzene rings is 1. The number of carbonyl (C=O) groups excluding carboxylic acids is 1. The third-order valence-electron chi connectivity index (χ3n) is 3.25. The predicted octanol–water partition coefficient (Wildman–Crippen LogP) is 0.831. The van der Waals surface area contributed by atoms with Crippen LogP contribution in [0.2, 0.25) is 0 Å². The van der Waals surface area contributed by atoms with Gasteiger partial charge in [-0.2, -0.15) is 0 Å².